The summed E-state index contributed by atoms with van der Waals surface area (Å²) in [7, 11) is 0. The van der Waals surface area contributed by atoms with E-state index in [-0.39, 0.29) is 12.5 Å². The van der Waals surface area contributed by atoms with Gasteiger partial charge in [-0.05, 0) is 19.8 Å². The third-order valence-electron chi connectivity index (χ3n) is 2.43. The van der Waals surface area contributed by atoms with Crippen molar-refractivity contribution in [3.8, 4) is 0 Å². The normalized spacial score (nSPS) is 20.5. The van der Waals surface area contributed by atoms with Crippen molar-refractivity contribution in [2.45, 2.75) is 26.2 Å². The van der Waals surface area contributed by atoms with Gasteiger partial charge in [0.2, 0.25) is 5.91 Å². The van der Waals surface area contributed by atoms with Crippen LogP contribution in [0.5, 0.6) is 0 Å². The van der Waals surface area contributed by atoms with E-state index >= 15 is 0 Å². The van der Waals surface area contributed by atoms with Crippen LogP contribution in [0.25, 0.3) is 0 Å². The van der Waals surface area contributed by atoms with Crippen molar-refractivity contribution in [1.29, 1.82) is 0 Å². The zero-order chi connectivity index (χ0) is 8.32. The van der Waals surface area contributed by atoms with Crippen LogP contribution in [0.4, 0.5) is 0 Å². The fraction of sp³-hybridized carbons (Fsp3) is 0.875. The van der Waals surface area contributed by atoms with Gasteiger partial charge in [0, 0.05) is 6.54 Å². The summed E-state index contributed by atoms with van der Waals surface area (Å²) in [5.41, 5.74) is -0.421. The van der Waals surface area contributed by atoms with E-state index in [1.54, 1.807) is 0 Å². The number of hydrogen-bond acceptors (Lipinski definition) is 2. The van der Waals surface area contributed by atoms with Gasteiger partial charge in [0.25, 0.3) is 0 Å². The van der Waals surface area contributed by atoms with Crippen molar-refractivity contribution in [3.63, 3.8) is 0 Å². The van der Waals surface area contributed by atoms with Crippen LogP contribution in [0.1, 0.15) is 26.2 Å². The second-order valence-corrected chi connectivity index (χ2v) is 3.15. The summed E-state index contributed by atoms with van der Waals surface area (Å²) in [5, 5.41) is 11.7. The molecule has 11 heavy (non-hydrogen) atoms. The molecule has 0 atom stereocenters. The maximum Gasteiger partial charge on any atom is 0.228 e. The maximum atomic E-state index is 11.3. The second-order valence-electron chi connectivity index (χ2n) is 3.15. The average Bonchev–Trinajstić information content (AvgIpc) is 1.87. The molecule has 0 unspecified atom stereocenters. The number of carbonyl (C=O) groups is 1. The van der Waals surface area contributed by atoms with E-state index in [0.717, 1.165) is 19.3 Å². The lowest BCUT2D eigenvalue weighted by Crippen LogP contribution is -2.48. The zero-order valence-corrected chi connectivity index (χ0v) is 6.89. The lowest BCUT2D eigenvalue weighted by Gasteiger charge is -2.38. The minimum absolute atomic E-state index is 0.00116. The molecule has 0 aromatic heterocycles. The van der Waals surface area contributed by atoms with E-state index in [1.807, 2.05) is 6.92 Å². The first kappa shape index (κ1) is 8.53. The number of aliphatic hydroxyl groups excluding tert-OH is 1. The molecule has 0 saturated heterocycles. The molecule has 1 aliphatic carbocycles. The Morgan fingerprint density at radius 2 is 2.27 bits per heavy atom. The van der Waals surface area contributed by atoms with Crippen molar-refractivity contribution in [2.75, 3.05) is 13.2 Å². The molecule has 0 aromatic carbocycles. The summed E-state index contributed by atoms with van der Waals surface area (Å²) in [6, 6.07) is 0. The molecule has 64 valence electrons. The van der Waals surface area contributed by atoms with E-state index in [9.17, 15) is 4.79 Å². The van der Waals surface area contributed by atoms with Crippen molar-refractivity contribution in [1.82, 2.24) is 5.32 Å². The number of amides is 1. The Balaban J connectivity index is 2.47. The van der Waals surface area contributed by atoms with Crippen LogP contribution >= 0.6 is 0 Å². The van der Waals surface area contributed by atoms with E-state index in [4.69, 9.17) is 5.11 Å². The predicted molar refractivity (Wildman–Crippen MR) is 42.1 cm³/mol. The highest BCUT2D eigenvalue weighted by Crippen LogP contribution is 2.40. The van der Waals surface area contributed by atoms with Crippen LogP contribution in [0.2, 0.25) is 0 Å². The SMILES string of the molecule is CCNC(=O)C1(CO)CCC1. The Morgan fingerprint density at radius 3 is 2.55 bits per heavy atom. The fourth-order valence-electron chi connectivity index (χ4n) is 1.41. The van der Waals surface area contributed by atoms with Crippen LogP contribution in [0.3, 0.4) is 0 Å². The molecule has 0 spiro atoms. The second kappa shape index (κ2) is 3.22. The average molecular weight is 157 g/mol. The molecule has 1 rings (SSSR count). The molecular weight excluding hydrogens is 142 g/mol. The molecule has 1 amide bonds. The summed E-state index contributed by atoms with van der Waals surface area (Å²) in [6.45, 7) is 2.54. The number of aliphatic hydroxyl groups is 1. The van der Waals surface area contributed by atoms with Gasteiger partial charge in [-0.25, -0.2) is 0 Å². The third-order valence-corrected chi connectivity index (χ3v) is 2.43. The monoisotopic (exact) mass is 157 g/mol. The molecule has 3 nitrogen and oxygen atoms in total. The van der Waals surface area contributed by atoms with Gasteiger partial charge in [0.15, 0.2) is 0 Å². The molecule has 0 radical (unpaired) electrons. The first-order valence-corrected chi connectivity index (χ1v) is 4.14. The van der Waals surface area contributed by atoms with E-state index in [2.05, 4.69) is 5.32 Å². The Morgan fingerprint density at radius 1 is 1.64 bits per heavy atom. The fourth-order valence-corrected chi connectivity index (χ4v) is 1.41. The number of nitrogens with one attached hydrogen (secondary N) is 1. The summed E-state index contributed by atoms with van der Waals surface area (Å²) in [6.07, 6.45) is 2.75. The summed E-state index contributed by atoms with van der Waals surface area (Å²) in [4.78, 5) is 11.3. The highest BCUT2D eigenvalue weighted by molar-refractivity contribution is 5.83. The Hall–Kier alpha value is -0.570. The van der Waals surface area contributed by atoms with Crippen molar-refractivity contribution in [3.05, 3.63) is 0 Å². The smallest absolute Gasteiger partial charge is 0.228 e. The molecule has 1 saturated carbocycles. The highest BCUT2D eigenvalue weighted by atomic mass is 16.3. The minimum atomic E-state index is -0.421. The number of carbonyl (C=O) groups excluding carboxylic acids is 1. The van der Waals surface area contributed by atoms with Crippen molar-refractivity contribution < 1.29 is 9.90 Å². The Bertz CT molecular complexity index is 147. The lowest BCUT2D eigenvalue weighted by atomic mass is 9.69. The van der Waals surface area contributed by atoms with E-state index in [1.165, 1.54) is 0 Å². The molecule has 3 heteroatoms. The maximum absolute atomic E-state index is 11.3. The van der Waals surface area contributed by atoms with Crippen molar-refractivity contribution >= 4 is 5.91 Å². The first-order chi connectivity index (χ1) is 5.25. The summed E-state index contributed by atoms with van der Waals surface area (Å²) < 4.78 is 0. The van der Waals surface area contributed by atoms with Gasteiger partial charge in [-0.2, -0.15) is 0 Å². The van der Waals surface area contributed by atoms with Crippen molar-refractivity contribution in [2.24, 2.45) is 5.41 Å². The lowest BCUT2D eigenvalue weighted by molar-refractivity contribution is -0.139. The van der Waals surface area contributed by atoms with Gasteiger partial charge in [-0.15, -0.1) is 0 Å². The standard InChI is InChI=1S/C8H15NO2/c1-2-9-7(11)8(6-10)4-3-5-8/h10H,2-6H2,1H3,(H,9,11). The van der Waals surface area contributed by atoms with Crippen LogP contribution in [-0.2, 0) is 4.79 Å². The zero-order valence-electron chi connectivity index (χ0n) is 6.89. The van der Waals surface area contributed by atoms with Crippen LogP contribution in [-0.4, -0.2) is 24.2 Å². The van der Waals surface area contributed by atoms with E-state index in [0.29, 0.717) is 6.54 Å². The summed E-state index contributed by atoms with van der Waals surface area (Å²) >= 11 is 0. The quantitative estimate of drug-likeness (QED) is 0.618. The Kier molecular flexibility index (Phi) is 2.49. The predicted octanol–water partition coefficient (Wildman–Crippen LogP) is 0.285. The van der Waals surface area contributed by atoms with Gasteiger partial charge >= 0.3 is 0 Å². The van der Waals surface area contributed by atoms with Gasteiger partial charge in [-0.3, -0.25) is 4.79 Å². The van der Waals surface area contributed by atoms with Gasteiger partial charge in [-0.1, -0.05) is 6.42 Å². The number of hydrogen-bond donors (Lipinski definition) is 2. The highest BCUT2D eigenvalue weighted by Gasteiger charge is 2.43. The first-order valence-electron chi connectivity index (χ1n) is 4.14. The third kappa shape index (κ3) is 1.38. The van der Waals surface area contributed by atoms with Crippen LogP contribution in [0, 0.1) is 5.41 Å². The van der Waals surface area contributed by atoms with Gasteiger partial charge in [0.05, 0.1) is 12.0 Å². The van der Waals surface area contributed by atoms with Gasteiger partial charge < -0.3 is 10.4 Å². The molecule has 1 fully saturated rings. The molecule has 0 aliphatic heterocycles. The van der Waals surface area contributed by atoms with Crippen LogP contribution in [0.15, 0.2) is 0 Å². The minimum Gasteiger partial charge on any atom is -0.395 e. The largest absolute Gasteiger partial charge is 0.395 e. The Labute approximate surface area is 66.8 Å². The molecule has 1 aliphatic rings. The molecule has 0 heterocycles. The van der Waals surface area contributed by atoms with E-state index < -0.39 is 5.41 Å². The molecular formula is C8H15NO2. The number of rotatable bonds is 3. The molecule has 0 aromatic rings. The molecule has 2 N–H and O–H groups in total. The molecule has 0 bridgehead atoms. The van der Waals surface area contributed by atoms with Gasteiger partial charge in [0.1, 0.15) is 0 Å². The topological polar surface area (TPSA) is 49.3 Å². The van der Waals surface area contributed by atoms with Crippen LogP contribution < -0.4 is 5.32 Å². The summed E-state index contributed by atoms with van der Waals surface area (Å²) in [5.74, 6) is 0.0220.